The van der Waals surface area contributed by atoms with Gasteiger partial charge in [0, 0.05) is 12.4 Å². The summed E-state index contributed by atoms with van der Waals surface area (Å²) in [5.74, 6) is -0.920. The Morgan fingerprint density at radius 3 is 3.00 bits per heavy atom. The zero-order chi connectivity index (χ0) is 10.4. The fraction of sp³-hybridized carbons (Fsp3) is 0.400. The highest BCUT2D eigenvalue weighted by molar-refractivity contribution is 5.72. The van der Waals surface area contributed by atoms with Crippen molar-refractivity contribution in [1.82, 2.24) is 4.98 Å². The molecule has 1 heterocycles. The third-order valence-corrected chi connectivity index (χ3v) is 1.82. The number of ether oxygens (including phenoxy) is 1. The van der Waals surface area contributed by atoms with Crippen molar-refractivity contribution in [2.75, 3.05) is 0 Å². The maximum absolute atomic E-state index is 10.6. The molecule has 0 aliphatic heterocycles. The van der Waals surface area contributed by atoms with E-state index < -0.39 is 12.1 Å². The lowest BCUT2D eigenvalue weighted by molar-refractivity contribution is -0.151. The first kappa shape index (κ1) is 10.7. The largest absolute Gasteiger partial charge is 0.479 e. The Balaban J connectivity index is 2.44. The molecule has 4 heteroatoms. The van der Waals surface area contributed by atoms with Gasteiger partial charge in [-0.3, -0.25) is 4.98 Å². The fourth-order valence-corrected chi connectivity index (χ4v) is 1.04. The lowest BCUT2D eigenvalue weighted by atomic mass is 10.2. The van der Waals surface area contributed by atoms with Crippen molar-refractivity contribution < 1.29 is 14.6 Å². The number of hydrogen-bond donors (Lipinski definition) is 1. The summed E-state index contributed by atoms with van der Waals surface area (Å²) < 4.78 is 5.20. The average Bonchev–Trinajstić information content (AvgIpc) is 2.20. The van der Waals surface area contributed by atoms with Crippen LogP contribution in [0.3, 0.4) is 0 Å². The second kappa shape index (κ2) is 5.34. The number of nitrogens with zero attached hydrogens (tertiary/aromatic N) is 1. The summed E-state index contributed by atoms with van der Waals surface area (Å²) in [4.78, 5) is 14.5. The molecule has 14 heavy (non-hydrogen) atoms. The smallest absolute Gasteiger partial charge is 0.332 e. The van der Waals surface area contributed by atoms with E-state index in [4.69, 9.17) is 9.84 Å². The molecule has 4 nitrogen and oxygen atoms in total. The predicted molar refractivity (Wildman–Crippen MR) is 50.7 cm³/mol. The number of aliphatic carboxylic acids is 1. The van der Waals surface area contributed by atoms with Crippen LogP contribution < -0.4 is 0 Å². The summed E-state index contributed by atoms with van der Waals surface area (Å²) in [5.41, 5.74) is 0.882. The molecule has 0 bridgehead atoms. The molecule has 0 saturated carbocycles. The van der Waals surface area contributed by atoms with Crippen LogP contribution in [-0.2, 0) is 16.1 Å². The molecule has 1 unspecified atom stereocenters. The molecule has 1 rings (SSSR count). The van der Waals surface area contributed by atoms with Gasteiger partial charge in [0.05, 0.1) is 6.61 Å². The van der Waals surface area contributed by atoms with Gasteiger partial charge in [-0.15, -0.1) is 0 Å². The molecule has 0 spiro atoms. The van der Waals surface area contributed by atoms with Gasteiger partial charge in [0.2, 0.25) is 0 Å². The van der Waals surface area contributed by atoms with Gasteiger partial charge in [0.25, 0.3) is 0 Å². The van der Waals surface area contributed by atoms with E-state index in [1.807, 2.05) is 6.07 Å². The number of carboxylic acids is 1. The van der Waals surface area contributed by atoms with E-state index in [1.54, 1.807) is 25.4 Å². The molecule has 0 aliphatic rings. The Morgan fingerprint density at radius 2 is 2.50 bits per heavy atom. The zero-order valence-electron chi connectivity index (χ0n) is 8.01. The highest BCUT2D eigenvalue weighted by Gasteiger charge is 2.14. The molecule has 1 atom stereocenters. The maximum atomic E-state index is 10.6. The number of hydrogen-bond acceptors (Lipinski definition) is 3. The molecule has 0 aliphatic carbocycles. The van der Waals surface area contributed by atoms with Gasteiger partial charge in [-0.25, -0.2) is 4.79 Å². The molecule has 1 N–H and O–H groups in total. The number of aromatic nitrogens is 1. The van der Waals surface area contributed by atoms with E-state index in [2.05, 4.69) is 4.98 Å². The normalized spacial score (nSPS) is 12.4. The minimum Gasteiger partial charge on any atom is -0.479 e. The van der Waals surface area contributed by atoms with Crippen molar-refractivity contribution in [3.63, 3.8) is 0 Å². The second-order valence-corrected chi connectivity index (χ2v) is 2.91. The first-order valence-corrected chi connectivity index (χ1v) is 4.47. The van der Waals surface area contributed by atoms with E-state index in [0.29, 0.717) is 13.0 Å². The van der Waals surface area contributed by atoms with Crippen LogP contribution in [0.2, 0.25) is 0 Å². The molecular weight excluding hydrogens is 182 g/mol. The standard InChI is InChI=1S/C10H13NO3/c1-2-9(10(12)13)14-7-8-4-3-5-11-6-8/h3-6,9H,2,7H2,1H3,(H,12,13). The molecule has 1 aromatic heterocycles. The van der Waals surface area contributed by atoms with Gasteiger partial charge in [-0.2, -0.15) is 0 Å². The van der Waals surface area contributed by atoms with Gasteiger partial charge in [0.15, 0.2) is 6.10 Å². The van der Waals surface area contributed by atoms with Gasteiger partial charge in [-0.05, 0) is 18.1 Å². The Morgan fingerprint density at radius 1 is 1.71 bits per heavy atom. The van der Waals surface area contributed by atoms with Crippen molar-refractivity contribution in [2.45, 2.75) is 26.1 Å². The summed E-state index contributed by atoms with van der Waals surface area (Å²) in [6.07, 6.45) is 3.07. The monoisotopic (exact) mass is 195 g/mol. The highest BCUT2D eigenvalue weighted by Crippen LogP contribution is 2.04. The van der Waals surface area contributed by atoms with Crippen LogP contribution in [-0.4, -0.2) is 22.2 Å². The molecular formula is C10H13NO3. The first-order chi connectivity index (χ1) is 6.74. The SMILES string of the molecule is CCC(OCc1cccnc1)C(=O)O. The lowest BCUT2D eigenvalue weighted by Crippen LogP contribution is -2.22. The molecule has 0 radical (unpaired) electrons. The molecule has 1 aromatic rings. The van der Waals surface area contributed by atoms with Crippen molar-refractivity contribution in [2.24, 2.45) is 0 Å². The Bertz CT molecular complexity index is 287. The minimum atomic E-state index is -0.920. The van der Waals surface area contributed by atoms with Crippen molar-refractivity contribution in [1.29, 1.82) is 0 Å². The summed E-state index contributed by atoms with van der Waals surface area (Å²) in [6, 6.07) is 3.64. The highest BCUT2D eigenvalue weighted by atomic mass is 16.5. The third-order valence-electron chi connectivity index (χ3n) is 1.82. The van der Waals surface area contributed by atoms with Crippen LogP contribution in [0.4, 0.5) is 0 Å². The van der Waals surface area contributed by atoms with Crippen molar-refractivity contribution in [3.8, 4) is 0 Å². The Kier molecular flexibility index (Phi) is 4.07. The zero-order valence-corrected chi connectivity index (χ0v) is 8.01. The molecule has 0 amide bonds. The summed E-state index contributed by atoms with van der Waals surface area (Å²) in [7, 11) is 0. The molecule has 76 valence electrons. The molecule has 0 saturated heterocycles. The Hall–Kier alpha value is -1.42. The van der Waals surface area contributed by atoms with E-state index in [1.165, 1.54) is 0 Å². The molecule has 0 aromatic carbocycles. The predicted octanol–water partition coefficient (Wildman–Crippen LogP) is 1.46. The van der Waals surface area contributed by atoms with E-state index in [9.17, 15) is 4.79 Å². The van der Waals surface area contributed by atoms with Crippen molar-refractivity contribution in [3.05, 3.63) is 30.1 Å². The Labute approximate surface area is 82.5 Å². The van der Waals surface area contributed by atoms with E-state index in [0.717, 1.165) is 5.56 Å². The van der Waals surface area contributed by atoms with Crippen LogP contribution >= 0.6 is 0 Å². The average molecular weight is 195 g/mol. The van der Waals surface area contributed by atoms with Gasteiger partial charge < -0.3 is 9.84 Å². The van der Waals surface area contributed by atoms with Crippen LogP contribution in [0.15, 0.2) is 24.5 Å². The number of pyridine rings is 1. The number of rotatable bonds is 5. The summed E-state index contributed by atoms with van der Waals surface area (Å²) >= 11 is 0. The molecule has 0 fully saturated rings. The van der Waals surface area contributed by atoms with Gasteiger partial charge in [-0.1, -0.05) is 13.0 Å². The van der Waals surface area contributed by atoms with Crippen LogP contribution in [0.1, 0.15) is 18.9 Å². The maximum Gasteiger partial charge on any atom is 0.332 e. The third kappa shape index (κ3) is 3.14. The van der Waals surface area contributed by atoms with Crippen LogP contribution in [0.25, 0.3) is 0 Å². The second-order valence-electron chi connectivity index (χ2n) is 2.91. The first-order valence-electron chi connectivity index (χ1n) is 4.47. The van der Waals surface area contributed by atoms with Gasteiger partial charge >= 0.3 is 5.97 Å². The summed E-state index contributed by atoms with van der Waals surface area (Å²) in [6.45, 7) is 2.07. The topological polar surface area (TPSA) is 59.4 Å². The lowest BCUT2D eigenvalue weighted by Gasteiger charge is -2.10. The van der Waals surface area contributed by atoms with E-state index in [-0.39, 0.29) is 0 Å². The number of carbonyl (C=O) groups is 1. The van der Waals surface area contributed by atoms with E-state index >= 15 is 0 Å². The van der Waals surface area contributed by atoms with Crippen LogP contribution in [0, 0.1) is 0 Å². The van der Waals surface area contributed by atoms with Crippen LogP contribution in [0.5, 0.6) is 0 Å². The minimum absolute atomic E-state index is 0.290. The number of carboxylic acid groups (broad SMARTS) is 1. The quantitative estimate of drug-likeness (QED) is 0.772. The van der Waals surface area contributed by atoms with Gasteiger partial charge in [0.1, 0.15) is 0 Å². The van der Waals surface area contributed by atoms with Crippen molar-refractivity contribution >= 4 is 5.97 Å². The summed E-state index contributed by atoms with van der Waals surface area (Å²) in [5, 5.41) is 8.71. The fourth-order valence-electron chi connectivity index (χ4n) is 1.04.